The van der Waals surface area contributed by atoms with Crippen LogP contribution in [0.2, 0.25) is 0 Å². The number of nitrogens with zero attached hydrogens (tertiary/aromatic N) is 2. The van der Waals surface area contributed by atoms with Crippen molar-refractivity contribution in [1.82, 2.24) is 9.78 Å². The molecule has 0 fully saturated rings. The minimum atomic E-state index is -0.557. The first-order valence-corrected chi connectivity index (χ1v) is 4.38. The van der Waals surface area contributed by atoms with Gasteiger partial charge in [0.25, 0.3) is 5.91 Å². The van der Waals surface area contributed by atoms with Gasteiger partial charge in [0.1, 0.15) is 0 Å². The van der Waals surface area contributed by atoms with E-state index in [-0.39, 0.29) is 0 Å². The van der Waals surface area contributed by atoms with E-state index in [0.29, 0.717) is 16.9 Å². The molecule has 0 saturated carbocycles. The molecule has 5 nitrogen and oxygen atoms in total. The molecule has 0 aliphatic rings. The topological polar surface area (TPSA) is 86.9 Å². The number of carbonyl (C=O) groups excluding carboxylic acids is 1. The Kier molecular flexibility index (Phi) is 2.13. The van der Waals surface area contributed by atoms with Crippen LogP contribution in [0.5, 0.6) is 0 Å². The highest BCUT2D eigenvalue weighted by atomic mass is 16.1. The number of hydrogen-bond acceptors (Lipinski definition) is 3. The molecule has 0 unspecified atom stereocenters. The van der Waals surface area contributed by atoms with E-state index in [2.05, 4.69) is 5.10 Å². The van der Waals surface area contributed by atoms with Crippen molar-refractivity contribution >= 4 is 11.6 Å². The molecule has 2 rings (SSSR count). The second kappa shape index (κ2) is 3.45. The van der Waals surface area contributed by atoms with Crippen LogP contribution in [0.3, 0.4) is 0 Å². The second-order valence-corrected chi connectivity index (χ2v) is 3.06. The summed E-state index contributed by atoms with van der Waals surface area (Å²) in [6.07, 6.45) is 3.34. The molecule has 1 aromatic carbocycles. The third kappa shape index (κ3) is 1.54. The first-order chi connectivity index (χ1) is 7.20. The molecule has 5 heteroatoms. The fraction of sp³-hybridized carbons (Fsp3) is 0. The number of rotatable bonds is 2. The quantitative estimate of drug-likeness (QED) is 0.697. The van der Waals surface area contributed by atoms with Gasteiger partial charge in [-0.1, -0.05) is 6.07 Å². The average Bonchev–Trinajstić information content (AvgIpc) is 2.69. The van der Waals surface area contributed by atoms with Crippen molar-refractivity contribution in [3.8, 4) is 5.69 Å². The van der Waals surface area contributed by atoms with E-state index in [1.807, 2.05) is 0 Å². The lowest BCUT2D eigenvalue weighted by Gasteiger charge is -2.08. The molecule has 76 valence electrons. The van der Waals surface area contributed by atoms with E-state index in [1.165, 1.54) is 0 Å². The summed E-state index contributed by atoms with van der Waals surface area (Å²) in [5.41, 5.74) is 12.2. The van der Waals surface area contributed by atoms with Crippen LogP contribution < -0.4 is 11.5 Å². The Morgan fingerprint density at radius 3 is 2.73 bits per heavy atom. The SMILES string of the molecule is NC(=O)c1c(N)cccc1-n1cccn1. The fourth-order valence-corrected chi connectivity index (χ4v) is 1.43. The molecule has 0 radical (unpaired) electrons. The number of nitrogens with two attached hydrogens (primary N) is 2. The summed E-state index contributed by atoms with van der Waals surface area (Å²) in [6.45, 7) is 0. The molecule has 1 amide bonds. The second-order valence-electron chi connectivity index (χ2n) is 3.06. The summed E-state index contributed by atoms with van der Waals surface area (Å²) in [7, 11) is 0. The third-order valence-electron chi connectivity index (χ3n) is 2.07. The molecule has 0 aliphatic carbocycles. The Hall–Kier alpha value is -2.30. The molecular weight excluding hydrogens is 192 g/mol. The zero-order chi connectivity index (χ0) is 10.8. The van der Waals surface area contributed by atoms with Gasteiger partial charge in [0.15, 0.2) is 0 Å². The van der Waals surface area contributed by atoms with Crippen molar-refractivity contribution < 1.29 is 4.79 Å². The number of benzene rings is 1. The van der Waals surface area contributed by atoms with Gasteiger partial charge in [-0.2, -0.15) is 5.10 Å². The van der Waals surface area contributed by atoms with Crippen molar-refractivity contribution in [3.63, 3.8) is 0 Å². The lowest BCUT2D eigenvalue weighted by molar-refractivity contribution is 0.100. The Balaban J connectivity index is 2.66. The number of carbonyl (C=O) groups is 1. The van der Waals surface area contributed by atoms with E-state index in [4.69, 9.17) is 11.5 Å². The van der Waals surface area contributed by atoms with Gasteiger partial charge < -0.3 is 11.5 Å². The maximum absolute atomic E-state index is 11.2. The highest BCUT2D eigenvalue weighted by Crippen LogP contribution is 2.19. The number of nitrogen functional groups attached to an aromatic ring is 1. The molecule has 0 saturated heterocycles. The standard InChI is InChI=1S/C10H10N4O/c11-7-3-1-4-8(9(7)10(12)15)14-6-2-5-13-14/h1-6H,11H2,(H2,12,15). The first kappa shape index (κ1) is 9.26. The van der Waals surface area contributed by atoms with Gasteiger partial charge >= 0.3 is 0 Å². The maximum Gasteiger partial charge on any atom is 0.252 e. The van der Waals surface area contributed by atoms with E-state index >= 15 is 0 Å². The van der Waals surface area contributed by atoms with Gasteiger partial charge in [0.2, 0.25) is 0 Å². The van der Waals surface area contributed by atoms with Crippen LogP contribution in [0.25, 0.3) is 5.69 Å². The molecule has 1 aromatic heterocycles. The molecule has 1 heterocycles. The molecule has 0 spiro atoms. The van der Waals surface area contributed by atoms with Crippen molar-refractivity contribution in [2.24, 2.45) is 5.73 Å². The summed E-state index contributed by atoms with van der Waals surface area (Å²) in [4.78, 5) is 11.2. The van der Waals surface area contributed by atoms with Crippen LogP contribution in [0.4, 0.5) is 5.69 Å². The summed E-state index contributed by atoms with van der Waals surface area (Å²) in [6, 6.07) is 6.88. The number of primary amides is 1. The van der Waals surface area contributed by atoms with E-state index < -0.39 is 5.91 Å². The molecule has 0 aliphatic heterocycles. The Morgan fingerprint density at radius 1 is 1.33 bits per heavy atom. The lowest BCUT2D eigenvalue weighted by Crippen LogP contribution is -2.17. The largest absolute Gasteiger partial charge is 0.398 e. The van der Waals surface area contributed by atoms with Crippen LogP contribution in [-0.4, -0.2) is 15.7 Å². The lowest BCUT2D eigenvalue weighted by atomic mass is 10.1. The third-order valence-corrected chi connectivity index (χ3v) is 2.07. The number of hydrogen-bond donors (Lipinski definition) is 2. The van der Waals surface area contributed by atoms with Crippen molar-refractivity contribution in [1.29, 1.82) is 0 Å². The van der Waals surface area contributed by atoms with Crippen LogP contribution in [0.1, 0.15) is 10.4 Å². The van der Waals surface area contributed by atoms with Gasteiger partial charge in [-0.15, -0.1) is 0 Å². The number of amides is 1. The van der Waals surface area contributed by atoms with Gasteiger partial charge in [-0.3, -0.25) is 4.79 Å². The van der Waals surface area contributed by atoms with Crippen molar-refractivity contribution in [2.75, 3.05) is 5.73 Å². The summed E-state index contributed by atoms with van der Waals surface area (Å²) < 4.78 is 1.55. The number of aromatic nitrogens is 2. The minimum absolute atomic E-state index is 0.293. The molecule has 0 atom stereocenters. The highest BCUT2D eigenvalue weighted by molar-refractivity contribution is 6.01. The van der Waals surface area contributed by atoms with Crippen molar-refractivity contribution in [3.05, 3.63) is 42.2 Å². The molecule has 15 heavy (non-hydrogen) atoms. The summed E-state index contributed by atoms with van der Waals surface area (Å²) in [5.74, 6) is -0.557. The fourth-order valence-electron chi connectivity index (χ4n) is 1.43. The van der Waals surface area contributed by atoms with Gasteiger partial charge in [-0.25, -0.2) is 4.68 Å². The van der Waals surface area contributed by atoms with E-state index in [0.717, 1.165) is 0 Å². The minimum Gasteiger partial charge on any atom is -0.398 e. The Morgan fingerprint density at radius 2 is 2.13 bits per heavy atom. The smallest absolute Gasteiger partial charge is 0.252 e. The predicted octanol–water partition coefficient (Wildman–Crippen LogP) is 0.553. The molecule has 0 bridgehead atoms. The predicted molar refractivity (Wildman–Crippen MR) is 56.5 cm³/mol. The first-order valence-electron chi connectivity index (χ1n) is 4.38. The van der Waals surface area contributed by atoms with Gasteiger partial charge in [0, 0.05) is 18.1 Å². The van der Waals surface area contributed by atoms with Gasteiger partial charge in [-0.05, 0) is 18.2 Å². The van der Waals surface area contributed by atoms with E-state index in [9.17, 15) is 4.79 Å². The van der Waals surface area contributed by atoms with E-state index in [1.54, 1.807) is 41.3 Å². The number of anilines is 1. The molecule has 4 N–H and O–H groups in total. The molecular formula is C10H10N4O. The van der Waals surface area contributed by atoms with Crippen LogP contribution >= 0.6 is 0 Å². The zero-order valence-corrected chi connectivity index (χ0v) is 7.92. The van der Waals surface area contributed by atoms with Crippen molar-refractivity contribution in [2.45, 2.75) is 0 Å². The normalized spacial score (nSPS) is 10.1. The highest BCUT2D eigenvalue weighted by Gasteiger charge is 2.12. The average molecular weight is 202 g/mol. The summed E-state index contributed by atoms with van der Waals surface area (Å²) >= 11 is 0. The zero-order valence-electron chi connectivity index (χ0n) is 7.92. The molecule has 2 aromatic rings. The van der Waals surface area contributed by atoms with Crippen LogP contribution in [0.15, 0.2) is 36.7 Å². The van der Waals surface area contributed by atoms with Crippen LogP contribution in [0, 0.1) is 0 Å². The maximum atomic E-state index is 11.2. The van der Waals surface area contributed by atoms with Gasteiger partial charge in [0.05, 0.1) is 11.3 Å². The summed E-state index contributed by atoms with van der Waals surface area (Å²) in [5, 5.41) is 4.02. The van der Waals surface area contributed by atoms with Crippen LogP contribution in [-0.2, 0) is 0 Å². The monoisotopic (exact) mass is 202 g/mol. The Bertz CT molecular complexity index is 490. The Labute approximate surface area is 86.3 Å².